The summed E-state index contributed by atoms with van der Waals surface area (Å²) in [5.74, 6) is -0.0593. The molecule has 22 heavy (non-hydrogen) atoms. The molecule has 2 aliphatic rings. The molecule has 0 aliphatic carbocycles. The van der Waals surface area contributed by atoms with Gasteiger partial charge >= 0.3 is 6.16 Å². The standard InChI is InChI=1S/C15H23O7/c1-11(13-3-2-6-20-14(13)9-19-10-16)21-15(17)22-12-4-7-18-8-5-12/h9-14H,2-8H2,1H3. The molecule has 2 rings (SSSR count). The maximum Gasteiger partial charge on any atom is 0.508 e. The zero-order valence-corrected chi connectivity index (χ0v) is 12.8. The van der Waals surface area contributed by atoms with Crippen molar-refractivity contribution in [3.63, 3.8) is 0 Å². The van der Waals surface area contributed by atoms with E-state index in [1.54, 1.807) is 6.92 Å². The zero-order valence-electron chi connectivity index (χ0n) is 12.8. The van der Waals surface area contributed by atoms with Gasteiger partial charge in [0, 0.05) is 25.4 Å². The predicted octanol–water partition coefficient (Wildman–Crippen LogP) is 1.84. The molecule has 0 aromatic rings. The van der Waals surface area contributed by atoms with Gasteiger partial charge in [0.25, 0.3) is 6.47 Å². The number of ether oxygens (including phenoxy) is 5. The van der Waals surface area contributed by atoms with Crippen molar-refractivity contribution in [2.45, 2.75) is 50.9 Å². The van der Waals surface area contributed by atoms with Crippen molar-refractivity contribution >= 4 is 12.6 Å². The van der Waals surface area contributed by atoms with E-state index >= 15 is 0 Å². The fourth-order valence-electron chi connectivity index (χ4n) is 2.77. The Labute approximate surface area is 130 Å². The van der Waals surface area contributed by atoms with E-state index in [4.69, 9.17) is 18.9 Å². The summed E-state index contributed by atoms with van der Waals surface area (Å²) in [4.78, 5) is 22.2. The molecule has 0 amide bonds. The second kappa shape index (κ2) is 8.95. The van der Waals surface area contributed by atoms with Gasteiger partial charge in [-0.1, -0.05) is 0 Å². The molecule has 0 bridgehead atoms. The summed E-state index contributed by atoms with van der Waals surface area (Å²) in [7, 11) is 0. The maximum absolute atomic E-state index is 11.9. The molecule has 2 saturated heterocycles. The molecule has 0 saturated carbocycles. The second-order valence-electron chi connectivity index (χ2n) is 5.51. The Bertz CT molecular complexity index is 354. The molecule has 7 heteroatoms. The van der Waals surface area contributed by atoms with Crippen LogP contribution in [0.4, 0.5) is 4.79 Å². The van der Waals surface area contributed by atoms with Crippen LogP contribution in [0.25, 0.3) is 0 Å². The molecule has 2 aliphatic heterocycles. The van der Waals surface area contributed by atoms with E-state index in [9.17, 15) is 9.59 Å². The Balaban J connectivity index is 1.79. The topological polar surface area (TPSA) is 80.3 Å². The van der Waals surface area contributed by atoms with E-state index in [2.05, 4.69) is 4.74 Å². The van der Waals surface area contributed by atoms with Gasteiger partial charge in [-0.05, 0) is 19.8 Å². The van der Waals surface area contributed by atoms with Crippen molar-refractivity contribution in [2.24, 2.45) is 5.92 Å². The van der Waals surface area contributed by atoms with Gasteiger partial charge in [0.1, 0.15) is 18.3 Å². The highest BCUT2D eigenvalue weighted by Crippen LogP contribution is 2.28. The first kappa shape index (κ1) is 17.0. The first-order valence-corrected chi connectivity index (χ1v) is 7.69. The molecule has 1 radical (unpaired) electrons. The smallest absolute Gasteiger partial charge is 0.458 e. The van der Waals surface area contributed by atoms with E-state index in [1.165, 1.54) is 6.61 Å². The van der Waals surface area contributed by atoms with Crippen LogP contribution < -0.4 is 0 Å². The number of carbonyl (C=O) groups is 2. The molecule has 0 spiro atoms. The maximum atomic E-state index is 11.9. The van der Waals surface area contributed by atoms with Gasteiger partial charge in [0.15, 0.2) is 6.61 Å². The number of hydrogen-bond acceptors (Lipinski definition) is 7. The SMILES string of the molecule is CC(OC(=O)OC1CCOCC1)C1CCCOC1[CH]OC=O. The van der Waals surface area contributed by atoms with Crippen LogP contribution in [0, 0.1) is 12.5 Å². The summed E-state index contributed by atoms with van der Waals surface area (Å²) in [6.07, 6.45) is 1.53. The number of hydrogen-bond donors (Lipinski definition) is 0. The van der Waals surface area contributed by atoms with Crippen molar-refractivity contribution in [1.29, 1.82) is 0 Å². The normalized spacial score (nSPS) is 27.7. The highest BCUT2D eigenvalue weighted by atomic mass is 16.7. The monoisotopic (exact) mass is 315 g/mol. The summed E-state index contributed by atoms with van der Waals surface area (Å²) in [6, 6.07) is 0. The van der Waals surface area contributed by atoms with Crippen LogP contribution in [0.15, 0.2) is 0 Å². The van der Waals surface area contributed by atoms with Gasteiger partial charge in [0.2, 0.25) is 0 Å². The van der Waals surface area contributed by atoms with Crippen molar-refractivity contribution in [3.05, 3.63) is 6.61 Å². The Hall–Kier alpha value is -1.34. The quantitative estimate of drug-likeness (QED) is 0.546. The molecule has 3 atom stereocenters. The van der Waals surface area contributed by atoms with Gasteiger partial charge < -0.3 is 23.7 Å². The van der Waals surface area contributed by atoms with E-state index < -0.39 is 6.16 Å². The average molecular weight is 315 g/mol. The first-order valence-electron chi connectivity index (χ1n) is 7.69. The minimum absolute atomic E-state index is 0.0593. The van der Waals surface area contributed by atoms with Crippen LogP contribution in [-0.4, -0.2) is 50.8 Å². The van der Waals surface area contributed by atoms with Gasteiger partial charge in [-0.25, -0.2) is 4.79 Å². The summed E-state index contributed by atoms with van der Waals surface area (Å²) in [5.41, 5.74) is 0. The number of rotatable bonds is 6. The van der Waals surface area contributed by atoms with Crippen molar-refractivity contribution in [2.75, 3.05) is 19.8 Å². The van der Waals surface area contributed by atoms with Gasteiger partial charge in [-0.3, -0.25) is 4.79 Å². The Morgan fingerprint density at radius 2 is 2.00 bits per heavy atom. The molecule has 0 aromatic heterocycles. The molecule has 0 N–H and O–H groups in total. The molecule has 7 nitrogen and oxygen atoms in total. The van der Waals surface area contributed by atoms with Gasteiger partial charge in [-0.2, -0.15) is 0 Å². The summed E-state index contributed by atoms with van der Waals surface area (Å²) < 4.78 is 26.1. The van der Waals surface area contributed by atoms with E-state index in [1.807, 2.05) is 0 Å². The lowest BCUT2D eigenvalue weighted by atomic mass is 9.90. The van der Waals surface area contributed by atoms with Crippen LogP contribution in [0.3, 0.4) is 0 Å². The Morgan fingerprint density at radius 1 is 1.23 bits per heavy atom. The van der Waals surface area contributed by atoms with E-state index in [0.29, 0.717) is 39.1 Å². The summed E-state index contributed by atoms with van der Waals surface area (Å²) in [5, 5.41) is 0. The van der Waals surface area contributed by atoms with Crippen LogP contribution in [0.1, 0.15) is 32.6 Å². The fourth-order valence-corrected chi connectivity index (χ4v) is 2.77. The molecule has 0 aromatic carbocycles. The second-order valence-corrected chi connectivity index (χ2v) is 5.51. The van der Waals surface area contributed by atoms with Crippen LogP contribution in [0.5, 0.6) is 0 Å². The van der Waals surface area contributed by atoms with Crippen molar-refractivity contribution < 1.29 is 33.3 Å². The highest BCUT2D eigenvalue weighted by Gasteiger charge is 2.34. The Kier molecular flexibility index (Phi) is 6.92. The third-order valence-electron chi connectivity index (χ3n) is 4.00. The third-order valence-corrected chi connectivity index (χ3v) is 4.00. The molecule has 2 heterocycles. The van der Waals surface area contributed by atoms with Crippen molar-refractivity contribution in [3.8, 4) is 0 Å². The van der Waals surface area contributed by atoms with Crippen LogP contribution >= 0.6 is 0 Å². The predicted molar refractivity (Wildman–Crippen MR) is 74.8 cm³/mol. The third kappa shape index (κ3) is 5.14. The highest BCUT2D eigenvalue weighted by molar-refractivity contribution is 5.60. The lowest BCUT2D eigenvalue weighted by molar-refractivity contribution is -0.133. The molecular weight excluding hydrogens is 292 g/mol. The zero-order chi connectivity index (χ0) is 15.8. The summed E-state index contributed by atoms with van der Waals surface area (Å²) in [6.45, 7) is 5.29. The van der Waals surface area contributed by atoms with E-state index in [-0.39, 0.29) is 24.2 Å². The van der Waals surface area contributed by atoms with E-state index in [0.717, 1.165) is 12.8 Å². The van der Waals surface area contributed by atoms with Gasteiger partial charge in [0.05, 0.1) is 13.2 Å². The number of carbonyl (C=O) groups excluding carboxylic acids is 2. The Morgan fingerprint density at radius 3 is 2.73 bits per heavy atom. The summed E-state index contributed by atoms with van der Waals surface area (Å²) >= 11 is 0. The van der Waals surface area contributed by atoms with Crippen molar-refractivity contribution in [1.82, 2.24) is 0 Å². The largest absolute Gasteiger partial charge is 0.508 e. The first-order chi connectivity index (χ1) is 10.7. The fraction of sp³-hybridized carbons (Fsp3) is 0.800. The minimum atomic E-state index is -0.667. The molecule has 2 fully saturated rings. The lowest BCUT2D eigenvalue weighted by Gasteiger charge is -2.34. The minimum Gasteiger partial charge on any atom is -0.458 e. The van der Waals surface area contributed by atoms with Gasteiger partial charge in [-0.15, -0.1) is 0 Å². The van der Waals surface area contributed by atoms with Crippen LogP contribution in [0.2, 0.25) is 0 Å². The molecule has 125 valence electrons. The van der Waals surface area contributed by atoms with Crippen LogP contribution in [-0.2, 0) is 28.5 Å². The molecule has 3 unspecified atom stereocenters. The lowest BCUT2D eigenvalue weighted by Crippen LogP contribution is -2.39. The average Bonchev–Trinajstić information content (AvgIpc) is 2.54. The molecular formula is C15H23O7.